The second kappa shape index (κ2) is 9.97. The predicted octanol–water partition coefficient (Wildman–Crippen LogP) is 2.17. The summed E-state index contributed by atoms with van der Waals surface area (Å²) in [5, 5.41) is 6.15. The summed E-state index contributed by atoms with van der Waals surface area (Å²) in [6, 6.07) is 7.17. The molecule has 1 saturated heterocycles. The van der Waals surface area contributed by atoms with Crippen LogP contribution in [-0.2, 0) is 4.74 Å². The highest BCUT2D eigenvalue weighted by molar-refractivity contribution is 9.10. The number of hydrogen-bond acceptors (Lipinski definition) is 4. The summed E-state index contributed by atoms with van der Waals surface area (Å²) in [6.07, 6.45) is 2.13. The van der Waals surface area contributed by atoms with Crippen LogP contribution in [0, 0.1) is 0 Å². The van der Waals surface area contributed by atoms with Gasteiger partial charge in [0.2, 0.25) is 0 Å². The number of nitrogens with one attached hydrogen (secondary N) is 2. The third-order valence-electron chi connectivity index (χ3n) is 3.62. The maximum Gasteiger partial charge on any atom is 0.257 e. The van der Waals surface area contributed by atoms with Gasteiger partial charge in [-0.1, -0.05) is 15.9 Å². The number of rotatable bonds is 6. The zero-order valence-corrected chi connectivity index (χ0v) is 15.4. The van der Waals surface area contributed by atoms with E-state index >= 15 is 0 Å². The van der Waals surface area contributed by atoms with Gasteiger partial charge in [0.15, 0.2) is 5.11 Å². The summed E-state index contributed by atoms with van der Waals surface area (Å²) < 4.78 is 6.26. The van der Waals surface area contributed by atoms with E-state index in [1.165, 1.54) is 0 Å². The van der Waals surface area contributed by atoms with Gasteiger partial charge in [0.05, 0.1) is 13.2 Å². The fraction of sp³-hybridized carbons (Fsp3) is 0.500. The van der Waals surface area contributed by atoms with E-state index in [1.807, 2.05) is 12.1 Å². The largest absolute Gasteiger partial charge is 0.379 e. The monoisotopic (exact) mass is 399 g/mol. The maximum atomic E-state index is 12.0. The molecule has 0 spiro atoms. The molecule has 0 unspecified atom stereocenters. The second-order valence-corrected chi connectivity index (χ2v) is 6.70. The smallest absolute Gasteiger partial charge is 0.257 e. The molecule has 1 aromatic rings. The Balaban J connectivity index is 1.57. The fourth-order valence-electron chi connectivity index (χ4n) is 2.31. The number of halogens is 1. The van der Waals surface area contributed by atoms with Crippen molar-refractivity contribution in [1.82, 2.24) is 15.5 Å². The molecule has 0 radical (unpaired) electrons. The summed E-state index contributed by atoms with van der Waals surface area (Å²) in [5.41, 5.74) is 0.588. The van der Waals surface area contributed by atoms with Crippen LogP contribution in [0.2, 0.25) is 0 Å². The minimum atomic E-state index is -0.191. The summed E-state index contributed by atoms with van der Waals surface area (Å²) in [4.78, 5) is 14.4. The molecule has 0 saturated carbocycles. The average molecular weight is 400 g/mol. The van der Waals surface area contributed by atoms with Crippen molar-refractivity contribution in [3.8, 4) is 0 Å². The van der Waals surface area contributed by atoms with E-state index < -0.39 is 0 Å². The van der Waals surface area contributed by atoms with Crippen LogP contribution < -0.4 is 10.6 Å². The van der Waals surface area contributed by atoms with Crippen LogP contribution in [0.3, 0.4) is 0 Å². The lowest BCUT2D eigenvalue weighted by molar-refractivity contribution is 0.0372. The lowest BCUT2D eigenvalue weighted by atomic mass is 10.2. The number of unbranched alkanes of at least 4 members (excludes halogenated alkanes) is 1. The fourth-order valence-corrected chi connectivity index (χ4v) is 2.77. The standard InChI is InChI=1S/C16H22BrN3O2S/c17-14-5-3-13(4-6-14)15(21)19-16(23)18-7-1-2-8-20-9-11-22-12-10-20/h3-6H,1-2,7-12H2,(H2,18,19,21,23). The maximum absolute atomic E-state index is 12.0. The highest BCUT2D eigenvalue weighted by atomic mass is 79.9. The Morgan fingerprint density at radius 1 is 1.22 bits per heavy atom. The third-order valence-corrected chi connectivity index (χ3v) is 4.40. The number of benzene rings is 1. The number of hydrogen-bond donors (Lipinski definition) is 2. The molecule has 1 fully saturated rings. The quantitative estimate of drug-likeness (QED) is 0.566. The first kappa shape index (κ1) is 18.3. The Morgan fingerprint density at radius 3 is 2.61 bits per heavy atom. The molecule has 1 aliphatic rings. The number of carbonyl (C=O) groups is 1. The summed E-state index contributed by atoms with van der Waals surface area (Å²) in [5.74, 6) is -0.191. The molecule has 1 aromatic carbocycles. The van der Waals surface area contributed by atoms with E-state index in [0.717, 1.165) is 56.7 Å². The summed E-state index contributed by atoms with van der Waals surface area (Å²) >= 11 is 8.49. The van der Waals surface area contributed by atoms with E-state index in [1.54, 1.807) is 12.1 Å². The molecular formula is C16H22BrN3O2S. The van der Waals surface area contributed by atoms with Crippen molar-refractivity contribution >= 4 is 39.2 Å². The Labute approximate surface area is 150 Å². The van der Waals surface area contributed by atoms with Crippen molar-refractivity contribution < 1.29 is 9.53 Å². The zero-order valence-electron chi connectivity index (χ0n) is 13.0. The molecule has 0 atom stereocenters. The van der Waals surface area contributed by atoms with Gasteiger partial charge in [-0.05, 0) is 55.9 Å². The Hall–Kier alpha value is -1.02. The minimum Gasteiger partial charge on any atom is -0.379 e. The lowest BCUT2D eigenvalue weighted by Crippen LogP contribution is -2.40. The van der Waals surface area contributed by atoms with Gasteiger partial charge in [-0.15, -0.1) is 0 Å². The van der Waals surface area contributed by atoms with E-state index in [9.17, 15) is 4.79 Å². The van der Waals surface area contributed by atoms with Crippen LogP contribution in [0.5, 0.6) is 0 Å². The van der Waals surface area contributed by atoms with Crippen LogP contribution in [0.25, 0.3) is 0 Å². The molecule has 2 rings (SSSR count). The molecule has 0 aliphatic carbocycles. The first-order valence-electron chi connectivity index (χ1n) is 7.80. The highest BCUT2D eigenvalue weighted by Gasteiger charge is 2.09. The van der Waals surface area contributed by atoms with Gasteiger partial charge < -0.3 is 10.1 Å². The first-order chi connectivity index (χ1) is 11.1. The van der Waals surface area contributed by atoms with E-state index in [-0.39, 0.29) is 5.91 Å². The topological polar surface area (TPSA) is 53.6 Å². The first-order valence-corrected chi connectivity index (χ1v) is 9.00. The van der Waals surface area contributed by atoms with Crippen molar-refractivity contribution in [3.63, 3.8) is 0 Å². The Kier molecular flexibility index (Phi) is 7.94. The molecule has 1 amide bonds. The minimum absolute atomic E-state index is 0.191. The van der Waals surface area contributed by atoms with Crippen LogP contribution in [-0.4, -0.2) is 55.3 Å². The Morgan fingerprint density at radius 2 is 1.91 bits per heavy atom. The molecular weight excluding hydrogens is 378 g/mol. The third kappa shape index (κ3) is 6.95. The van der Waals surface area contributed by atoms with Crippen molar-refractivity contribution in [2.75, 3.05) is 39.4 Å². The van der Waals surface area contributed by atoms with Crippen molar-refractivity contribution in [2.45, 2.75) is 12.8 Å². The molecule has 5 nitrogen and oxygen atoms in total. The highest BCUT2D eigenvalue weighted by Crippen LogP contribution is 2.10. The number of nitrogens with zero attached hydrogens (tertiary/aromatic N) is 1. The molecule has 126 valence electrons. The second-order valence-electron chi connectivity index (χ2n) is 5.38. The number of thiocarbonyl (C=S) groups is 1. The van der Waals surface area contributed by atoms with E-state index in [2.05, 4.69) is 31.5 Å². The molecule has 1 aliphatic heterocycles. The average Bonchev–Trinajstić information content (AvgIpc) is 2.56. The van der Waals surface area contributed by atoms with Gasteiger partial charge in [-0.25, -0.2) is 0 Å². The van der Waals surface area contributed by atoms with Gasteiger partial charge >= 0.3 is 0 Å². The molecule has 23 heavy (non-hydrogen) atoms. The van der Waals surface area contributed by atoms with Gasteiger partial charge in [0.25, 0.3) is 5.91 Å². The van der Waals surface area contributed by atoms with Crippen molar-refractivity contribution in [3.05, 3.63) is 34.3 Å². The number of carbonyl (C=O) groups excluding carboxylic acids is 1. The number of morpholine rings is 1. The number of ether oxygens (including phenoxy) is 1. The van der Waals surface area contributed by atoms with Crippen LogP contribution >= 0.6 is 28.1 Å². The molecule has 0 aromatic heterocycles. The molecule has 0 bridgehead atoms. The van der Waals surface area contributed by atoms with Crippen molar-refractivity contribution in [2.24, 2.45) is 0 Å². The van der Waals surface area contributed by atoms with E-state index in [0.29, 0.717) is 10.7 Å². The molecule has 1 heterocycles. The van der Waals surface area contributed by atoms with Crippen LogP contribution in [0.1, 0.15) is 23.2 Å². The van der Waals surface area contributed by atoms with Gasteiger partial charge in [0.1, 0.15) is 0 Å². The van der Waals surface area contributed by atoms with E-state index in [4.69, 9.17) is 17.0 Å². The van der Waals surface area contributed by atoms with Crippen molar-refractivity contribution in [1.29, 1.82) is 0 Å². The molecule has 7 heteroatoms. The van der Waals surface area contributed by atoms with Crippen LogP contribution in [0.4, 0.5) is 0 Å². The summed E-state index contributed by atoms with van der Waals surface area (Å²) in [6.45, 7) is 5.58. The predicted molar refractivity (Wildman–Crippen MR) is 98.7 cm³/mol. The summed E-state index contributed by atoms with van der Waals surface area (Å²) in [7, 11) is 0. The lowest BCUT2D eigenvalue weighted by Gasteiger charge is -2.26. The molecule has 2 N–H and O–H groups in total. The number of amides is 1. The SMILES string of the molecule is O=C(NC(=S)NCCCCN1CCOCC1)c1ccc(Br)cc1. The normalized spacial score (nSPS) is 15.2. The van der Waals surface area contributed by atoms with Gasteiger partial charge in [-0.3, -0.25) is 15.0 Å². The zero-order chi connectivity index (χ0) is 16.5. The van der Waals surface area contributed by atoms with Crippen LogP contribution in [0.15, 0.2) is 28.7 Å². The van der Waals surface area contributed by atoms with Gasteiger partial charge in [0, 0.05) is 29.7 Å². The Bertz CT molecular complexity index is 519. The van der Waals surface area contributed by atoms with Gasteiger partial charge in [-0.2, -0.15) is 0 Å².